The maximum atomic E-state index is 13.2. The molecular formula is C21H25N5O2. The van der Waals surface area contributed by atoms with Crippen molar-refractivity contribution in [3.8, 4) is 6.07 Å². The van der Waals surface area contributed by atoms with Crippen LogP contribution < -0.4 is 0 Å². The number of carbonyl (C=O) groups excluding carboxylic acids is 2. The zero-order chi connectivity index (χ0) is 19.8. The first-order valence-corrected chi connectivity index (χ1v) is 9.91. The fourth-order valence-corrected chi connectivity index (χ4v) is 4.06. The van der Waals surface area contributed by atoms with E-state index in [2.05, 4.69) is 16.0 Å². The maximum absolute atomic E-state index is 13.2. The van der Waals surface area contributed by atoms with Crippen molar-refractivity contribution in [3.63, 3.8) is 0 Å². The minimum atomic E-state index is -0.533. The molecule has 1 saturated heterocycles. The van der Waals surface area contributed by atoms with Crippen molar-refractivity contribution < 1.29 is 9.59 Å². The topological polar surface area (TPSA) is 93.1 Å². The van der Waals surface area contributed by atoms with Gasteiger partial charge in [-0.05, 0) is 49.8 Å². The minimum Gasteiger partial charge on any atom is -0.335 e. The molecule has 0 spiro atoms. The third-order valence-electron chi connectivity index (χ3n) is 5.99. The zero-order valence-corrected chi connectivity index (χ0v) is 16.3. The van der Waals surface area contributed by atoms with Crippen molar-refractivity contribution in [2.24, 2.45) is 5.92 Å². The van der Waals surface area contributed by atoms with Gasteiger partial charge in [0.05, 0.1) is 6.07 Å². The predicted octanol–water partition coefficient (Wildman–Crippen LogP) is 2.63. The molecule has 28 heavy (non-hydrogen) atoms. The van der Waals surface area contributed by atoms with E-state index in [-0.39, 0.29) is 17.9 Å². The number of likely N-dealkylation sites (N-methyl/N-ethyl adjacent to an activating group) is 1. The SMILES string of the molecule is Cc1ccnc2[nH]c(C(=O)N(C)C(CC3CC3)C(=O)N3CCCC3C#N)cc12. The smallest absolute Gasteiger partial charge is 0.270 e. The lowest BCUT2D eigenvalue weighted by Gasteiger charge is -2.31. The molecule has 146 valence electrons. The molecule has 1 N–H and O–H groups in total. The molecule has 0 radical (unpaired) electrons. The number of rotatable bonds is 5. The van der Waals surface area contributed by atoms with Crippen molar-refractivity contribution >= 4 is 22.8 Å². The number of amides is 2. The molecule has 2 unspecified atom stereocenters. The van der Waals surface area contributed by atoms with Gasteiger partial charge < -0.3 is 14.8 Å². The van der Waals surface area contributed by atoms with Crippen LogP contribution in [0.2, 0.25) is 0 Å². The van der Waals surface area contributed by atoms with Gasteiger partial charge in [-0.1, -0.05) is 12.8 Å². The van der Waals surface area contributed by atoms with Crippen molar-refractivity contribution in [1.82, 2.24) is 19.8 Å². The van der Waals surface area contributed by atoms with Crippen molar-refractivity contribution in [2.45, 2.75) is 51.1 Å². The summed E-state index contributed by atoms with van der Waals surface area (Å²) in [7, 11) is 1.69. The number of aryl methyl sites for hydroxylation is 1. The number of hydrogen-bond donors (Lipinski definition) is 1. The summed E-state index contributed by atoms with van der Waals surface area (Å²) in [6, 6.07) is 5.03. The molecule has 2 aromatic heterocycles. The van der Waals surface area contributed by atoms with E-state index in [9.17, 15) is 14.9 Å². The van der Waals surface area contributed by atoms with Crippen LogP contribution in [0.5, 0.6) is 0 Å². The standard InChI is InChI=1S/C21H25N5O2/c1-13-7-8-23-19-16(13)11-17(24-19)20(27)25(2)18(10-14-5-6-14)21(28)26-9-3-4-15(26)12-22/h7-8,11,14-15,18H,3-6,9-10H2,1-2H3,(H,23,24). The average Bonchev–Trinajstić information content (AvgIpc) is 3.20. The van der Waals surface area contributed by atoms with Crippen LogP contribution >= 0.6 is 0 Å². The third-order valence-corrected chi connectivity index (χ3v) is 5.99. The Morgan fingerprint density at radius 2 is 2.21 bits per heavy atom. The number of aromatic nitrogens is 2. The van der Waals surface area contributed by atoms with Crippen molar-refractivity contribution in [3.05, 3.63) is 29.6 Å². The van der Waals surface area contributed by atoms with E-state index in [0.29, 0.717) is 36.6 Å². The predicted molar refractivity (Wildman–Crippen MR) is 104 cm³/mol. The monoisotopic (exact) mass is 379 g/mol. The van der Waals surface area contributed by atoms with Gasteiger partial charge in [0, 0.05) is 25.2 Å². The number of nitrogens with one attached hydrogen (secondary N) is 1. The summed E-state index contributed by atoms with van der Waals surface area (Å²) in [4.78, 5) is 37.0. The molecule has 2 amide bonds. The van der Waals surface area contributed by atoms with E-state index in [0.717, 1.165) is 30.2 Å². The molecule has 1 aliphatic heterocycles. The second-order valence-corrected chi connectivity index (χ2v) is 8.00. The molecule has 2 atom stereocenters. The molecule has 7 nitrogen and oxygen atoms in total. The number of aromatic amines is 1. The largest absolute Gasteiger partial charge is 0.335 e. The highest BCUT2D eigenvalue weighted by Gasteiger charge is 2.39. The van der Waals surface area contributed by atoms with E-state index >= 15 is 0 Å². The van der Waals surface area contributed by atoms with Crippen LogP contribution in [-0.2, 0) is 4.79 Å². The number of fused-ring (bicyclic) bond motifs is 1. The van der Waals surface area contributed by atoms with Crippen LogP contribution in [0.4, 0.5) is 0 Å². The first-order valence-electron chi connectivity index (χ1n) is 9.91. The normalized spacial score (nSPS) is 20.2. The van der Waals surface area contributed by atoms with Crippen LogP contribution in [0.25, 0.3) is 11.0 Å². The van der Waals surface area contributed by atoms with E-state index < -0.39 is 6.04 Å². The van der Waals surface area contributed by atoms with E-state index in [4.69, 9.17) is 0 Å². The lowest BCUT2D eigenvalue weighted by Crippen LogP contribution is -2.50. The lowest BCUT2D eigenvalue weighted by atomic mass is 10.1. The van der Waals surface area contributed by atoms with Crippen LogP contribution in [0.15, 0.2) is 18.3 Å². The summed E-state index contributed by atoms with van der Waals surface area (Å²) in [5.74, 6) is 0.167. The fraction of sp³-hybridized carbons (Fsp3) is 0.524. The van der Waals surface area contributed by atoms with Crippen LogP contribution in [-0.4, -0.2) is 57.3 Å². The van der Waals surface area contributed by atoms with Gasteiger partial charge >= 0.3 is 0 Å². The summed E-state index contributed by atoms with van der Waals surface area (Å²) >= 11 is 0. The highest BCUT2D eigenvalue weighted by molar-refractivity contribution is 6.00. The Hall–Kier alpha value is -2.88. The summed E-state index contributed by atoms with van der Waals surface area (Å²) < 4.78 is 0. The average molecular weight is 379 g/mol. The Bertz CT molecular complexity index is 955. The zero-order valence-electron chi connectivity index (χ0n) is 16.3. The number of nitriles is 1. The third kappa shape index (κ3) is 3.35. The van der Waals surface area contributed by atoms with Crippen molar-refractivity contribution in [1.29, 1.82) is 5.26 Å². The molecule has 1 aliphatic carbocycles. The summed E-state index contributed by atoms with van der Waals surface area (Å²) in [6.45, 7) is 2.57. The molecule has 4 rings (SSSR count). The van der Waals surface area contributed by atoms with Gasteiger partial charge in [0.15, 0.2) is 0 Å². The summed E-state index contributed by atoms with van der Waals surface area (Å²) in [5.41, 5.74) is 2.15. The van der Waals surface area contributed by atoms with Gasteiger partial charge in [-0.15, -0.1) is 0 Å². The van der Waals surface area contributed by atoms with E-state index in [1.165, 1.54) is 0 Å². The Kier molecular flexibility index (Phi) is 4.80. The Balaban J connectivity index is 1.60. The van der Waals surface area contributed by atoms with Gasteiger partial charge in [-0.2, -0.15) is 5.26 Å². The molecule has 3 heterocycles. The molecule has 0 bridgehead atoms. The number of H-pyrrole nitrogens is 1. The highest BCUT2D eigenvalue weighted by Crippen LogP contribution is 2.36. The molecule has 2 aromatic rings. The summed E-state index contributed by atoms with van der Waals surface area (Å²) in [5, 5.41) is 10.3. The fourth-order valence-electron chi connectivity index (χ4n) is 4.06. The highest BCUT2D eigenvalue weighted by atomic mass is 16.2. The minimum absolute atomic E-state index is 0.0998. The Morgan fingerprint density at radius 1 is 1.43 bits per heavy atom. The molecular weight excluding hydrogens is 354 g/mol. The molecule has 2 aliphatic rings. The molecule has 0 aromatic carbocycles. The number of carbonyl (C=O) groups is 2. The van der Waals surface area contributed by atoms with Gasteiger partial charge in [0.1, 0.15) is 23.4 Å². The Morgan fingerprint density at radius 3 is 2.89 bits per heavy atom. The first kappa shape index (κ1) is 18.5. The lowest BCUT2D eigenvalue weighted by molar-refractivity contribution is -0.136. The van der Waals surface area contributed by atoms with Gasteiger partial charge in [0.2, 0.25) is 5.91 Å². The molecule has 7 heteroatoms. The van der Waals surface area contributed by atoms with Gasteiger partial charge in [-0.3, -0.25) is 9.59 Å². The number of pyridine rings is 1. The van der Waals surface area contributed by atoms with Crippen molar-refractivity contribution in [2.75, 3.05) is 13.6 Å². The number of nitrogens with zero attached hydrogens (tertiary/aromatic N) is 4. The van der Waals surface area contributed by atoms with Crippen LogP contribution in [0, 0.1) is 24.2 Å². The summed E-state index contributed by atoms with van der Waals surface area (Å²) in [6.07, 6.45) is 6.12. The Labute approximate surface area is 164 Å². The van der Waals surface area contributed by atoms with E-state index in [1.807, 2.05) is 19.1 Å². The second kappa shape index (κ2) is 7.27. The van der Waals surface area contributed by atoms with Gasteiger partial charge in [-0.25, -0.2) is 4.98 Å². The van der Waals surface area contributed by atoms with Gasteiger partial charge in [0.25, 0.3) is 5.91 Å². The number of likely N-dealkylation sites (tertiary alicyclic amines) is 1. The maximum Gasteiger partial charge on any atom is 0.270 e. The second-order valence-electron chi connectivity index (χ2n) is 8.00. The van der Waals surface area contributed by atoms with Crippen LogP contribution in [0.3, 0.4) is 0 Å². The first-order chi connectivity index (χ1) is 13.5. The number of hydrogen-bond acceptors (Lipinski definition) is 4. The molecule has 2 fully saturated rings. The van der Waals surface area contributed by atoms with E-state index in [1.54, 1.807) is 23.0 Å². The quantitative estimate of drug-likeness (QED) is 0.864. The van der Waals surface area contributed by atoms with Crippen LogP contribution in [0.1, 0.15) is 48.2 Å². The molecule has 1 saturated carbocycles.